The number of ether oxygens (including phenoxy) is 1. The molecule has 2 aliphatic heterocycles. The summed E-state index contributed by atoms with van der Waals surface area (Å²) < 4.78 is 21.1. The van der Waals surface area contributed by atoms with E-state index in [2.05, 4.69) is 37.4 Å². The number of halogens is 1. The molecule has 1 aromatic heterocycles. The molecular formula is C25H29FN6O. The van der Waals surface area contributed by atoms with Crippen LogP contribution in [-0.4, -0.2) is 48.0 Å². The van der Waals surface area contributed by atoms with Gasteiger partial charge < -0.3 is 20.3 Å². The first-order chi connectivity index (χ1) is 16.0. The molecule has 7 nitrogen and oxygen atoms in total. The molecule has 3 aliphatic rings. The highest BCUT2D eigenvalue weighted by Crippen LogP contribution is 2.34. The molecule has 1 unspecified atom stereocenters. The zero-order chi connectivity index (χ0) is 22.9. The predicted molar refractivity (Wildman–Crippen MR) is 130 cm³/mol. The first-order valence-corrected chi connectivity index (χ1v) is 11.5. The molecule has 0 amide bonds. The Labute approximate surface area is 193 Å². The van der Waals surface area contributed by atoms with Gasteiger partial charge in [-0.2, -0.15) is 9.97 Å². The summed E-state index contributed by atoms with van der Waals surface area (Å²) in [5, 5.41) is 6.78. The van der Waals surface area contributed by atoms with E-state index in [1.807, 2.05) is 38.1 Å². The monoisotopic (exact) mass is 448 g/mol. The van der Waals surface area contributed by atoms with Gasteiger partial charge in [0.2, 0.25) is 0 Å². The lowest BCUT2D eigenvalue weighted by Gasteiger charge is -2.34. The summed E-state index contributed by atoms with van der Waals surface area (Å²) in [6.45, 7) is 9.42. The molecule has 1 saturated heterocycles. The van der Waals surface area contributed by atoms with E-state index in [-0.39, 0.29) is 17.6 Å². The molecule has 0 radical (unpaired) electrons. The molecule has 2 N–H and O–H groups in total. The van der Waals surface area contributed by atoms with Crippen LogP contribution in [0.2, 0.25) is 0 Å². The van der Waals surface area contributed by atoms with E-state index in [4.69, 9.17) is 4.74 Å². The minimum atomic E-state index is -0.375. The molecule has 3 heterocycles. The number of nitrogens with zero attached hydrogens (tertiary/aromatic N) is 4. The van der Waals surface area contributed by atoms with Crippen LogP contribution < -0.4 is 20.3 Å². The van der Waals surface area contributed by atoms with Crippen LogP contribution in [0.1, 0.15) is 38.3 Å². The van der Waals surface area contributed by atoms with Crippen molar-refractivity contribution in [3.63, 3.8) is 0 Å². The summed E-state index contributed by atoms with van der Waals surface area (Å²) in [5.74, 6) is 1.82. The molecule has 5 rings (SSSR count). The van der Waals surface area contributed by atoms with Gasteiger partial charge in [0.25, 0.3) is 0 Å². The predicted octanol–water partition coefficient (Wildman–Crippen LogP) is 4.33. The zero-order valence-electron chi connectivity index (χ0n) is 19.3. The Hall–Kier alpha value is -3.26. The maximum absolute atomic E-state index is 15.2. The van der Waals surface area contributed by atoms with Crippen LogP contribution in [0.25, 0.3) is 6.08 Å². The van der Waals surface area contributed by atoms with Gasteiger partial charge in [0, 0.05) is 37.3 Å². The number of hydrogen-bond donors (Lipinski definition) is 2. The Morgan fingerprint density at radius 3 is 2.88 bits per heavy atom. The Morgan fingerprint density at radius 2 is 2.09 bits per heavy atom. The van der Waals surface area contributed by atoms with E-state index in [1.54, 1.807) is 6.07 Å². The molecule has 8 heteroatoms. The first-order valence-electron chi connectivity index (χ1n) is 11.5. The maximum atomic E-state index is 15.2. The number of aromatic nitrogens is 2. The van der Waals surface area contributed by atoms with Crippen LogP contribution in [0.15, 0.2) is 40.4 Å². The third-order valence-electron chi connectivity index (χ3n) is 6.20. The Morgan fingerprint density at radius 1 is 1.21 bits per heavy atom. The summed E-state index contributed by atoms with van der Waals surface area (Å²) in [6, 6.07) is 5.98. The van der Waals surface area contributed by atoms with Crippen molar-refractivity contribution in [2.75, 3.05) is 36.4 Å². The number of aliphatic imine (C=N–C) groups is 1. The van der Waals surface area contributed by atoms with Gasteiger partial charge in [-0.15, -0.1) is 0 Å². The fourth-order valence-corrected chi connectivity index (χ4v) is 4.43. The lowest BCUT2D eigenvalue weighted by atomic mass is 10.1. The van der Waals surface area contributed by atoms with Crippen molar-refractivity contribution in [3.8, 4) is 11.8 Å². The summed E-state index contributed by atoms with van der Waals surface area (Å²) >= 11 is 0. The Kier molecular flexibility index (Phi) is 5.85. The summed E-state index contributed by atoms with van der Waals surface area (Å²) in [7, 11) is 0. The van der Waals surface area contributed by atoms with E-state index in [0.717, 1.165) is 55.3 Å². The molecule has 2 aromatic rings. The van der Waals surface area contributed by atoms with Gasteiger partial charge in [0.15, 0.2) is 11.6 Å². The fraction of sp³-hybridized carbons (Fsp3) is 0.400. The van der Waals surface area contributed by atoms with Crippen molar-refractivity contribution in [1.29, 1.82) is 0 Å². The van der Waals surface area contributed by atoms with Gasteiger partial charge in [-0.25, -0.2) is 4.39 Å². The minimum Gasteiger partial charge on any atom is -0.421 e. The molecule has 0 spiro atoms. The fourth-order valence-electron chi connectivity index (χ4n) is 4.43. The maximum Gasteiger partial charge on any atom is 0.326 e. The highest BCUT2D eigenvalue weighted by Gasteiger charge is 2.23. The summed E-state index contributed by atoms with van der Waals surface area (Å²) in [4.78, 5) is 15.9. The number of fused-ring (bicyclic) bond motifs is 1. The largest absolute Gasteiger partial charge is 0.421 e. The second-order valence-electron chi connectivity index (χ2n) is 8.94. The topological polar surface area (TPSA) is 74.7 Å². The number of anilines is 2. The average molecular weight is 449 g/mol. The van der Waals surface area contributed by atoms with Crippen LogP contribution in [0.4, 0.5) is 16.0 Å². The van der Waals surface area contributed by atoms with Crippen molar-refractivity contribution in [2.24, 2.45) is 4.99 Å². The molecular weight excluding hydrogens is 419 g/mol. The average Bonchev–Trinajstić information content (AvgIpc) is 3.40. The smallest absolute Gasteiger partial charge is 0.326 e. The molecule has 172 valence electrons. The van der Waals surface area contributed by atoms with Crippen molar-refractivity contribution >= 4 is 23.5 Å². The van der Waals surface area contributed by atoms with Crippen LogP contribution in [0, 0.1) is 5.82 Å². The number of rotatable bonds is 5. The normalized spacial score (nSPS) is 19.7. The quantitative estimate of drug-likeness (QED) is 0.709. The van der Waals surface area contributed by atoms with Gasteiger partial charge in [-0.3, -0.25) is 4.99 Å². The second-order valence-corrected chi connectivity index (χ2v) is 8.94. The first kappa shape index (κ1) is 21.6. The van der Waals surface area contributed by atoms with E-state index in [0.29, 0.717) is 24.0 Å². The van der Waals surface area contributed by atoms with Crippen molar-refractivity contribution < 1.29 is 9.13 Å². The van der Waals surface area contributed by atoms with Crippen molar-refractivity contribution in [3.05, 3.63) is 52.4 Å². The molecule has 33 heavy (non-hydrogen) atoms. The number of allylic oxidation sites excluding steroid dienone is 1. The number of benzene rings is 1. The lowest BCUT2D eigenvalue weighted by Crippen LogP contribution is -2.50. The van der Waals surface area contributed by atoms with Gasteiger partial charge in [-0.1, -0.05) is 24.6 Å². The van der Waals surface area contributed by atoms with Crippen LogP contribution in [0.5, 0.6) is 11.8 Å². The summed E-state index contributed by atoms with van der Waals surface area (Å²) in [6.07, 6.45) is 5.67. The number of amidine groups is 1. The number of nitrogens with one attached hydrogen (secondary N) is 2. The molecule has 1 fully saturated rings. The van der Waals surface area contributed by atoms with E-state index in [1.165, 1.54) is 5.57 Å². The van der Waals surface area contributed by atoms with Crippen LogP contribution >= 0.6 is 0 Å². The number of piperazine rings is 1. The molecule has 0 bridgehead atoms. The van der Waals surface area contributed by atoms with Gasteiger partial charge in [-0.05, 0) is 50.0 Å². The standard InChI is InChI=1S/C25H29FN6O/c1-4-18-14-32(8-7-27-18)23-12-22(29-21-11-16(3)13-28-21)30-25(31-23)33-20-6-5-17-9-15(2)10-19(17)24(20)26/h5-6,10-12,18,27H,4,7-9,13-14H2,1-3H3,(H,28,29,30,31). The second kappa shape index (κ2) is 8.94. The molecule has 1 atom stereocenters. The number of hydrogen-bond acceptors (Lipinski definition) is 7. The SMILES string of the molecule is CCC1CN(c2cc(NC3=NCC(C)=C3)nc(Oc3ccc4c(c3F)C=C(C)C4)n2)CCN1. The Balaban J connectivity index is 1.47. The van der Waals surface area contributed by atoms with Gasteiger partial charge in [0.1, 0.15) is 17.5 Å². The molecule has 1 aliphatic carbocycles. The van der Waals surface area contributed by atoms with Crippen molar-refractivity contribution in [1.82, 2.24) is 15.3 Å². The Bertz CT molecular complexity index is 1170. The van der Waals surface area contributed by atoms with Gasteiger partial charge in [0.05, 0.1) is 6.54 Å². The van der Waals surface area contributed by atoms with E-state index < -0.39 is 0 Å². The highest BCUT2D eigenvalue weighted by molar-refractivity contribution is 6.05. The van der Waals surface area contributed by atoms with Crippen LogP contribution in [0.3, 0.4) is 0 Å². The van der Waals surface area contributed by atoms with E-state index in [9.17, 15) is 0 Å². The minimum absolute atomic E-state index is 0.110. The van der Waals surface area contributed by atoms with Gasteiger partial charge >= 0.3 is 6.01 Å². The molecule has 0 saturated carbocycles. The van der Waals surface area contributed by atoms with Crippen LogP contribution in [-0.2, 0) is 6.42 Å². The third-order valence-corrected chi connectivity index (χ3v) is 6.20. The third kappa shape index (κ3) is 4.61. The zero-order valence-corrected chi connectivity index (χ0v) is 19.3. The lowest BCUT2D eigenvalue weighted by molar-refractivity contribution is 0.407. The van der Waals surface area contributed by atoms with Crippen molar-refractivity contribution in [2.45, 2.75) is 39.7 Å². The molecule has 1 aromatic carbocycles. The summed E-state index contributed by atoms with van der Waals surface area (Å²) in [5.41, 5.74) is 3.88. The van der Waals surface area contributed by atoms with E-state index >= 15 is 4.39 Å². The highest BCUT2D eigenvalue weighted by atomic mass is 19.1.